The molecule has 0 spiro atoms. The fraction of sp³-hybridized carbons (Fsp3) is 0.273. The van der Waals surface area contributed by atoms with Crippen LogP contribution in [-0.4, -0.2) is 19.9 Å². The SMILES string of the molecule is C[C@@H](O)c1ccc(Sc2nncn2C)cc1. The monoisotopic (exact) mass is 235 g/mol. The van der Waals surface area contributed by atoms with E-state index in [9.17, 15) is 5.11 Å². The third-order valence-corrected chi connectivity index (χ3v) is 3.30. The van der Waals surface area contributed by atoms with E-state index in [0.717, 1.165) is 15.6 Å². The second kappa shape index (κ2) is 4.67. The molecule has 0 aliphatic rings. The smallest absolute Gasteiger partial charge is 0.195 e. The van der Waals surface area contributed by atoms with E-state index in [0.29, 0.717) is 0 Å². The molecular formula is C11H13N3OS. The predicted molar refractivity (Wildman–Crippen MR) is 62.2 cm³/mol. The van der Waals surface area contributed by atoms with Crippen molar-refractivity contribution in [2.24, 2.45) is 7.05 Å². The molecule has 84 valence electrons. The number of rotatable bonds is 3. The van der Waals surface area contributed by atoms with Crippen molar-refractivity contribution in [3.05, 3.63) is 36.2 Å². The molecule has 1 atom stereocenters. The van der Waals surface area contributed by atoms with Gasteiger partial charge < -0.3 is 9.67 Å². The van der Waals surface area contributed by atoms with E-state index in [1.54, 1.807) is 25.0 Å². The van der Waals surface area contributed by atoms with Gasteiger partial charge in [-0.1, -0.05) is 12.1 Å². The van der Waals surface area contributed by atoms with Crippen LogP contribution in [0.1, 0.15) is 18.6 Å². The maximum Gasteiger partial charge on any atom is 0.195 e. The summed E-state index contributed by atoms with van der Waals surface area (Å²) in [7, 11) is 1.91. The second-order valence-electron chi connectivity index (χ2n) is 3.57. The highest BCUT2D eigenvalue weighted by Gasteiger charge is 2.04. The molecule has 0 unspecified atom stereocenters. The molecule has 0 fully saturated rings. The van der Waals surface area contributed by atoms with Crippen LogP contribution >= 0.6 is 11.8 Å². The van der Waals surface area contributed by atoms with Crippen molar-refractivity contribution in [3.63, 3.8) is 0 Å². The summed E-state index contributed by atoms with van der Waals surface area (Å²) < 4.78 is 1.87. The topological polar surface area (TPSA) is 50.9 Å². The quantitative estimate of drug-likeness (QED) is 0.884. The standard InChI is InChI=1S/C11H13N3OS/c1-8(15)9-3-5-10(6-4-9)16-11-13-12-7-14(11)2/h3-8,15H,1-2H3/t8-/m1/s1. The number of aliphatic hydroxyl groups is 1. The maximum atomic E-state index is 9.38. The van der Waals surface area contributed by atoms with Crippen molar-refractivity contribution in [2.75, 3.05) is 0 Å². The average Bonchev–Trinajstić information content (AvgIpc) is 2.65. The van der Waals surface area contributed by atoms with E-state index in [2.05, 4.69) is 10.2 Å². The summed E-state index contributed by atoms with van der Waals surface area (Å²) in [5.74, 6) is 0. The minimum absolute atomic E-state index is 0.422. The van der Waals surface area contributed by atoms with Crippen molar-refractivity contribution in [1.29, 1.82) is 0 Å². The molecule has 1 N–H and O–H groups in total. The largest absolute Gasteiger partial charge is 0.389 e. The van der Waals surface area contributed by atoms with Crippen LogP contribution in [0.15, 0.2) is 40.6 Å². The van der Waals surface area contributed by atoms with Gasteiger partial charge in [-0.2, -0.15) is 0 Å². The fourth-order valence-electron chi connectivity index (χ4n) is 1.28. The second-order valence-corrected chi connectivity index (χ2v) is 4.61. The van der Waals surface area contributed by atoms with Crippen LogP contribution in [0.25, 0.3) is 0 Å². The van der Waals surface area contributed by atoms with Crippen molar-refractivity contribution in [3.8, 4) is 0 Å². The van der Waals surface area contributed by atoms with Crippen LogP contribution in [0.5, 0.6) is 0 Å². The Bertz CT molecular complexity index is 464. The summed E-state index contributed by atoms with van der Waals surface area (Å²) in [5.41, 5.74) is 0.919. The molecule has 0 aliphatic heterocycles. The molecule has 4 nitrogen and oxygen atoms in total. The van der Waals surface area contributed by atoms with E-state index in [-0.39, 0.29) is 0 Å². The van der Waals surface area contributed by atoms with Gasteiger partial charge in [0.15, 0.2) is 5.16 Å². The van der Waals surface area contributed by atoms with E-state index < -0.39 is 6.10 Å². The summed E-state index contributed by atoms with van der Waals surface area (Å²) in [5, 5.41) is 18.0. The number of hydrogen-bond acceptors (Lipinski definition) is 4. The zero-order valence-corrected chi connectivity index (χ0v) is 9.98. The molecule has 0 amide bonds. The summed E-state index contributed by atoms with van der Waals surface area (Å²) in [6.07, 6.45) is 1.25. The van der Waals surface area contributed by atoms with Gasteiger partial charge in [-0.3, -0.25) is 0 Å². The Balaban J connectivity index is 2.14. The fourth-order valence-corrected chi connectivity index (χ4v) is 2.05. The third-order valence-electron chi connectivity index (χ3n) is 2.24. The first-order valence-electron chi connectivity index (χ1n) is 4.96. The minimum Gasteiger partial charge on any atom is -0.389 e. The Hall–Kier alpha value is -1.33. The molecule has 2 aromatic rings. The first-order valence-corrected chi connectivity index (χ1v) is 5.78. The Kier molecular flexibility index (Phi) is 3.26. The number of aliphatic hydroxyl groups excluding tert-OH is 1. The van der Waals surface area contributed by atoms with Crippen LogP contribution in [0.4, 0.5) is 0 Å². The normalized spacial score (nSPS) is 12.7. The molecule has 0 radical (unpaired) electrons. The summed E-state index contributed by atoms with van der Waals surface area (Å²) in [6.45, 7) is 1.75. The molecule has 16 heavy (non-hydrogen) atoms. The summed E-state index contributed by atoms with van der Waals surface area (Å²) in [6, 6.07) is 7.79. The van der Waals surface area contributed by atoms with E-state index >= 15 is 0 Å². The summed E-state index contributed by atoms with van der Waals surface area (Å²) in [4.78, 5) is 1.08. The zero-order chi connectivity index (χ0) is 11.5. The number of hydrogen-bond donors (Lipinski definition) is 1. The first-order chi connectivity index (χ1) is 7.66. The molecule has 5 heteroatoms. The molecular weight excluding hydrogens is 222 g/mol. The molecule has 0 saturated heterocycles. The lowest BCUT2D eigenvalue weighted by Gasteiger charge is -2.05. The number of nitrogens with zero attached hydrogens (tertiary/aromatic N) is 3. The summed E-state index contributed by atoms with van der Waals surface area (Å²) >= 11 is 1.55. The molecule has 0 saturated carbocycles. The van der Waals surface area contributed by atoms with Crippen molar-refractivity contribution < 1.29 is 5.11 Å². The number of aryl methyl sites for hydroxylation is 1. The maximum absolute atomic E-state index is 9.38. The lowest BCUT2D eigenvalue weighted by Crippen LogP contribution is -1.91. The Morgan fingerprint density at radius 3 is 2.50 bits per heavy atom. The van der Waals surface area contributed by atoms with Crippen LogP contribution in [0, 0.1) is 0 Å². The highest BCUT2D eigenvalue weighted by molar-refractivity contribution is 7.99. The van der Waals surface area contributed by atoms with Gasteiger partial charge in [0, 0.05) is 11.9 Å². The molecule has 0 aliphatic carbocycles. The lowest BCUT2D eigenvalue weighted by molar-refractivity contribution is 0.199. The van der Waals surface area contributed by atoms with Gasteiger partial charge >= 0.3 is 0 Å². The van der Waals surface area contributed by atoms with Gasteiger partial charge in [-0.05, 0) is 36.4 Å². The predicted octanol–water partition coefficient (Wildman–Crippen LogP) is 2.02. The average molecular weight is 235 g/mol. The third kappa shape index (κ3) is 2.43. The highest BCUT2D eigenvalue weighted by atomic mass is 32.2. The van der Waals surface area contributed by atoms with Crippen molar-refractivity contribution in [2.45, 2.75) is 23.1 Å². The van der Waals surface area contributed by atoms with Gasteiger partial charge in [0.05, 0.1) is 6.10 Å². The Morgan fingerprint density at radius 2 is 2.00 bits per heavy atom. The lowest BCUT2D eigenvalue weighted by atomic mass is 10.1. The van der Waals surface area contributed by atoms with Crippen molar-refractivity contribution >= 4 is 11.8 Å². The molecule has 1 heterocycles. The highest BCUT2D eigenvalue weighted by Crippen LogP contribution is 2.26. The molecule has 1 aromatic carbocycles. The molecule has 1 aromatic heterocycles. The van der Waals surface area contributed by atoms with Crippen LogP contribution in [-0.2, 0) is 7.05 Å². The van der Waals surface area contributed by atoms with Crippen LogP contribution in [0.2, 0.25) is 0 Å². The van der Waals surface area contributed by atoms with Crippen LogP contribution in [0.3, 0.4) is 0 Å². The van der Waals surface area contributed by atoms with E-state index in [1.165, 1.54) is 0 Å². The minimum atomic E-state index is -0.422. The van der Waals surface area contributed by atoms with E-state index in [1.807, 2.05) is 35.9 Å². The molecule has 2 rings (SSSR count). The van der Waals surface area contributed by atoms with Gasteiger partial charge in [-0.15, -0.1) is 10.2 Å². The van der Waals surface area contributed by atoms with Gasteiger partial charge in [-0.25, -0.2) is 0 Å². The van der Waals surface area contributed by atoms with Crippen LogP contribution < -0.4 is 0 Å². The first kappa shape index (κ1) is 11.2. The van der Waals surface area contributed by atoms with Crippen molar-refractivity contribution in [1.82, 2.24) is 14.8 Å². The Morgan fingerprint density at radius 1 is 1.31 bits per heavy atom. The number of aromatic nitrogens is 3. The van der Waals surface area contributed by atoms with Gasteiger partial charge in [0.2, 0.25) is 0 Å². The van der Waals surface area contributed by atoms with E-state index in [4.69, 9.17) is 0 Å². The number of benzene rings is 1. The van der Waals surface area contributed by atoms with Gasteiger partial charge in [0.25, 0.3) is 0 Å². The zero-order valence-electron chi connectivity index (χ0n) is 9.16. The Labute approximate surface area is 98.3 Å². The molecule has 0 bridgehead atoms. The van der Waals surface area contributed by atoms with Gasteiger partial charge in [0.1, 0.15) is 6.33 Å².